The summed E-state index contributed by atoms with van der Waals surface area (Å²) in [5.41, 5.74) is 0.645. The average molecular weight is 344 g/mol. The Bertz CT molecular complexity index is 797. The van der Waals surface area contributed by atoms with Crippen molar-refractivity contribution in [3.05, 3.63) is 53.6 Å². The van der Waals surface area contributed by atoms with Gasteiger partial charge in [0.25, 0.3) is 11.8 Å². The monoisotopic (exact) mass is 344 g/mol. The summed E-state index contributed by atoms with van der Waals surface area (Å²) < 4.78 is 15.6. The molecule has 1 aliphatic rings. The van der Waals surface area contributed by atoms with Gasteiger partial charge in [-0.2, -0.15) is 0 Å². The molecule has 25 heavy (non-hydrogen) atoms. The zero-order valence-electron chi connectivity index (χ0n) is 13.2. The molecule has 8 nitrogen and oxygen atoms in total. The number of aliphatic hydroxyl groups is 1. The molecule has 3 N–H and O–H groups in total. The van der Waals surface area contributed by atoms with E-state index in [1.165, 1.54) is 18.4 Å². The van der Waals surface area contributed by atoms with Crippen molar-refractivity contribution in [1.82, 2.24) is 10.6 Å². The maximum absolute atomic E-state index is 12.3. The van der Waals surface area contributed by atoms with Gasteiger partial charge in [-0.05, 0) is 35.9 Å². The van der Waals surface area contributed by atoms with E-state index in [1.54, 1.807) is 24.3 Å². The van der Waals surface area contributed by atoms with Gasteiger partial charge in [0.1, 0.15) is 5.70 Å². The lowest BCUT2D eigenvalue weighted by Gasteiger charge is -2.09. The molecule has 0 atom stereocenters. The van der Waals surface area contributed by atoms with Crippen molar-refractivity contribution < 1.29 is 28.6 Å². The zero-order valence-corrected chi connectivity index (χ0v) is 13.2. The Kier molecular flexibility index (Phi) is 5.00. The van der Waals surface area contributed by atoms with Crippen LogP contribution in [0, 0.1) is 0 Å². The standard InChI is InChI=1S/C17H16N2O6/c20-6-5-18-16(21)12(19-17(22)14-2-1-7-23-14)8-11-3-4-13-15(9-11)25-10-24-13/h1-4,7-9,20H,5-6,10H2,(H,18,21)(H,19,22)/b12-8+. The SMILES string of the molecule is O=C(NCCO)/C(=C\c1ccc2c(c1)OCO2)NC(=O)c1ccco1. The number of furan rings is 1. The number of fused-ring (bicyclic) bond motifs is 1. The van der Waals surface area contributed by atoms with Gasteiger partial charge in [-0.25, -0.2) is 0 Å². The number of amides is 2. The first-order valence-electron chi connectivity index (χ1n) is 7.52. The van der Waals surface area contributed by atoms with Gasteiger partial charge in [0.05, 0.1) is 12.9 Å². The van der Waals surface area contributed by atoms with E-state index >= 15 is 0 Å². The number of hydrogen-bond donors (Lipinski definition) is 3. The van der Waals surface area contributed by atoms with Gasteiger partial charge in [0, 0.05) is 6.54 Å². The second kappa shape index (κ2) is 7.54. The molecule has 3 rings (SSSR count). The second-order valence-electron chi connectivity index (χ2n) is 5.08. The minimum Gasteiger partial charge on any atom is -0.459 e. The van der Waals surface area contributed by atoms with Gasteiger partial charge in [-0.15, -0.1) is 0 Å². The summed E-state index contributed by atoms with van der Waals surface area (Å²) in [4.78, 5) is 24.4. The molecule has 2 heterocycles. The third kappa shape index (κ3) is 3.99. The first-order valence-corrected chi connectivity index (χ1v) is 7.52. The summed E-state index contributed by atoms with van der Waals surface area (Å²) in [6.07, 6.45) is 2.86. The van der Waals surface area contributed by atoms with E-state index in [0.717, 1.165) is 0 Å². The lowest BCUT2D eigenvalue weighted by atomic mass is 10.1. The molecule has 130 valence electrons. The highest BCUT2D eigenvalue weighted by atomic mass is 16.7. The molecule has 0 aliphatic carbocycles. The van der Waals surface area contributed by atoms with Crippen LogP contribution in [0.15, 0.2) is 46.7 Å². The quantitative estimate of drug-likeness (QED) is 0.671. The van der Waals surface area contributed by atoms with Crippen LogP contribution in [0.5, 0.6) is 11.5 Å². The number of carbonyl (C=O) groups excluding carboxylic acids is 2. The number of rotatable bonds is 6. The van der Waals surface area contributed by atoms with Crippen LogP contribution >= 0.6 is 0 Å². The first kappa shape index (κ1) is 16.6. The third-order valence-corrected chi connectivity index (χ3v) is 3.34. The van der Waals surface area contributed by atoms with Crippen molar-refractivity contribution in [2.24, 2.45) is 0 Å². The van der Waals surface area contributed by atoms with Gasteiger partial charge >= 0.3 is 0 Å². The smallest absolute Gasteiger partial charge is 0.291 e. The Balaban J connectivity index is 1.84. The molecule has 2 aromatic rings. The van der Waals surface area contributed by atoms with Crippen LogP contribution in [-0.4, -0.2) is 36.9 Å². The van der Waals surface area contributed by atoms with E-state index in [1.807, 2.05) is 0 Å². The van der Waals surface area contributed by atoms with E-state index in [2.05, 4.69) is 10.6 Å². The topological polar surface area (TPSA) is 110 Å². The Hall–Kier alpha value is -3.26. The Morgan fingerprint density at radius 2 is 2.04 bits per heavy atom. The Labute approximate surface area is 143 Å². The molecule has 0 saturated carbocycles. The molecular formula is C17H16N2O6. The minimum absolute atomic E-state index is 0.00807. The van der Waals surface area contributed by atoms with Crippen molar-refractivity contribution in [3.63, 3.8) is 0 Å². The average Bonchev–Trinajstić information content (AvgIpc) is 3.29. The molecule has 0 saturated heterocycles. The molecule has 0 spiro atoms. The lowest BCUT2D eigenvalue weighted by molar-refractivity contribution is -0.117. The summed E-state index contributed by atoms with van der Waals surface area (Å²) in [5, 5.41) is 13.9. The summed E-state index contributed by atoms with van der Waals surface area (Å²) >= 11 is 0. The third-order valence-electron chi connectivity index (χ3n) is 3.34. The molecule has 0 bridgehead atoms. The maximum atomic E-state index is 12.3. The first-order chi connectivity index (χ1) is 12.2. The van der Waals surface area contributed by atoms with Crippen molar-refractivity contribution in [2.45, 2.75) is 0 Å². The fourth-order valence-corrected chi connectivity index (χ4v) is 2.18. The number of benzene rings is 1. The number of ether oxygens (including phenoxy) is 2. The normalized spacial score (nSPS) is 12.8. The van der Waals surface area contributed by atoms with Crippen LogP contribution in [0.2, 0.25) is 0 Å². The number of carbonyl (C=O) groups is 2. The fourth-order valence-electron chi connectivity index (χ4n) is 2.18. The molecule has 0 radical (unpaired) electrons. The predicted molar refractivity (Wildman–Crippen MR) is 86.8 cm³/mol. The van der Waals surface area contributed by atoms with E-state index < -0.39 is 11.8 Å². The van der Waals surface area contributed by atoms with Gasteiger partial charge in [0.15, 0.2) is 17.3 Å². The van der Waals surface area contributed by atoms with E-state index in [-0.39, 0.29) is 31.4 Å². The summed E-state index contributed by atoms with van der Waals surface area (Å²) in [6.45, 7) is -0.00924. The highest BCUT2D eigenvalue weighted by molar-refractivity contribution is 6.04. The Morgan fingerprint density at radius 1 is 1.20 bits per heavy atom. The van der Waals surface area contributed by atoms with E-state index in [0.29, 0.717) is 17.1 Å². The molecular weight excluding hydrogens is 328 g/mol. The van der Waals surface area contributed by atoms with E-state index in [4.69, 9.17) is 19.0 Å². The van der Waals surface area contributed by atoms with Crippen LogP contribution in [0.1, 0.15) is 16.1 Å². The fraction of sp³-hybridized carbons (Fsp3) is 0.176. The highest BCUT2D eigenvalue weighted by Crippen LogP contribution is 2.33. The van der Waals surface area contributed by atoms with Crippen molar-refractivity contribution >= 4 is 17.9 Å². The summed E-state index contributed by atoms with van der Waals surface area (Å²) in [7, 11) is 0. The zero-order chi connectivity index (χ0) is 17.6. The molecule has 1 aromatic heterocycles. The largest absolute Gasteiger partial charge is 0.459 e. The Morgan fingerprint density at radius 3 is 2.80 bits per heavy atom. The van der Waals surface area contributed by atoms with Crippen LogP contribution in [0.25, 0.3) is 6.08 Å². The molecule has 0 unspecified atom stereocenters. The van der Waals surface area contributed by atoms with Gasteiger partial charge in [0.2, 0.25) is 6.79 Å². The molecule has 0 fully saturated rings. The predicted octanol–water partition coefficient (Wildman–Crippen LogP) is 0.888. The lowest BCUT2D eigenvalue weighted by Crippen LogP contribution is -2.36. The van der Waals surface area contributed by atoms with Crippen LogP contribution in [0.3, 0.4) is 0 Å². The molecule has 1 aromatic carbocycles. The van der Waals surface area contributed by atoms with Crippen LogP contribution < -0.4 is 20.1 Å². The van der Waals surface area contributed by atoms with Crippen molar-refractivity contribution in [3.8, 4) is 11.5 Å². The summed E-state index contributed by atoms with van der Waals surface area (Å²) in [6, 6.07) is 8.19. The van der Waals surface area contributed by atoms with Crippen molar-refractivity contribution in [1.29, 1.82) is 0 Å². The van der Waals surface area contributed by atoms with Gasteiger partial charge in [-0.1, -0.05) is 6.07 Å². The number of hydrogen-bond acceptors (Lipinski definition) is 6. The van der Waals surface area contributed by atoms with Crippen LogP contribution in [-0.2, 0) is 4.79 Å². The van der Waals surface area contributed by atoms with Gasteiger partial charge < -0.3 is 29.6 Å². The number of aliphatic hydroxyl groups excluding tert-OH is 1. The van der Waals surface area contributed by atoms with E-state index in [9.17, 15) is 9.59 Å². The van der Waals surface area contributed by atoms with Crippen LogP contribution in [0.4, 0.5) is 0 Å². The second-order valence-corrected chi connectivity index (χ2v) is 5.08. The van der Waals surface area contributed by atoms with Crippen molar-refractivity contribution in [2.75, 3.05) is 19.9 Å². The minimum atomic E-state index is -0.559. The highest BCUT2D eigenvalue weighted by Gasteiger charge is 2.17. The molecule has 1 aliphatic heterocycles. The molecule has 8 heteroatoms. The summed E-state index contributed by atoms with van der Waals surface area (Å²) in [5.74, 6) is 0.151. The van der Waals surface area contributed by atoms with Gasteiger partial charge in [-0.3, -0.25) is 9.59 Å². The maximum Gasteiger partial charge on any atom is 0.291 e. The number of nitrogens with one attached hydrogen (secondary N) is 2. The molecule has 2 amide bonds.